The number of rotatable bonds is 6. The standard InChI is InChI=1S/C9H14F3NO2/c1-7(9(10,11)12)8(14)15-6-4-2-3-5-13/h1-6,13H2. The zero-order valence-corrected chi connectivity index (χ0v) is 8.27. The van der Waals surface area contributed by atoms with Crippen molar-refractivity contribution in [3.63, 3.8) is 0 Å². The topological polar surface area (TPSA) is 52.3 Å². The van der Waals surface area contributed by atoms with Gasteiger partial charge in [0, 0.05) is 0 Å². The SMILES string of the molecule is C=C(C(=O)OCCCCCN)C(F)(F)F. The van der Waals surface area contributed by atoms with E-state index in [1.54, 1.807) is 0 Å². The lowest BCUT2D eigenvalue weighted by molar-refractivity contribution is -0.150. The second kappa shape index (κ2) is 6.44. The Bertz CT molecular complexity index is 226. The van der Waals surface area contributed by atoms with E-state index in [1.165, 1.54) is 0 Å². The van der Waals surface area contributed by atoms with Gasteiger partial charge in [0.1, 0.15) is 5.57 Å². The van der Waals surface area contributed by atoms with Gasteiger partial charge in [0.15, 0.2) is 0 Å². The Morgan fingerprint density at radius 3 is 2.33 bits per heavy atom. The number of esters is 1. The van der Waals surface area contributed by atoms with E-state index in [9.17, 15) is 18.0 Å². The highest BCUT2D eigenvalue weighted by atomic mass is 19.4. The number of nitrogens with two attached hydrogens (primary N) is 1. The molecule has 15 heavy (non-hydrogen) atoms. The summed E-state index contributed by atoms with van der Waals surface area (Å²) >= 11 is 0. The van der Waals surface area contributed by atoms with Crippen LogP contribution in [0.25, 0.3) is 0 Å². The number of ether oxygens (including phenoxy) is 1. The molecule has 0 aliphatic heterocycles. The van der Waals surface area contributed by atoms with Gasteiger partial charge < -0.3 is 10.5 Å². The van der Waals surface area contributed by atoms with Crippen LogP contribution in [0.3, 0.4) is 0 Å². The molecule has 0 unspecified atom stereocenters. The summed E-state index contributed by atoms with van der Waals surface area (Å²) in [7, 11) is 0. The van der Waals surface area contributed by atoms with Crippen molar-refractivity contribution >= 4 is 5.97 Å². The molecule has 0 saturated heterocycles. The lowest BCUT2D eigenvalue weighted by atomic mass is 10.2. The van der Waals surface area contributed by atoms with Gasteiger partial charge in [-0.05, 0) is 25.8 Å². The fraction of sp³-hybridized carbons (Fsp3) is 0.667. The molecule has 0 aliphatic carbocycles. The molecule has 0 aromatic heterocycles. The first-order valence-electron chi connectivity index (χ1n) is 4.53. The average molecular weight is 225 g/mol. The van der Waals surface area contributed by atoms with Crippen LogP contribution in [0.2, 0.25) is 0 Å². The molecule has 2 N–H and O–H groups in total. The zero-order valence-electron chi connectivity index (χ0n) is 8.27. The summed E-state index contributed by atoms with van der Waals surface area (Å²) in [5.41, 5.74) is 3.73. The minimum absolute atomic E-state index is 0.0338. The van der Waals surface area contributed by atoms with E-state index in [4.69, 9.17) is 5.73 Å². The lowest BCUT2D eigenvalue weighted by Crippen LogP contribution is -2.21. The van der Waals surface area contributed by atoms with Crippen molar-refractivity contribution < 1.29 is 22.7 Å². The molecule has 88 valence electrons. The van der Waals surface area contributed by atoms with Gasteiger partial charge in [0.05, 0.1) is 6.61 Å². The highest BCUT2D eigenvalue weighted by molar-refractivity contribution is 5.89. The molecule has 6 heteroatoms. The van der Waals surface area contributed by atoms with E-state index in [0.29, 0.717) is 13.0 Å². The van der Waals surface area contributed by atoms with E-state index in [1.807, 2.05) is 0 Å². The van der Waals surface area contributed by atoms with Crippen molar-refractivity contribution in [1.82, 2.24) is 0 Å². The van der Waals surface area contributed by atoms with Crippen molar-refractivity contribution in [2.45, 2.75) is 25.4 Å². The predicted octanol–water partition coefficient (Wildman–Crippen LogP) is 1.78. The molecule has 0 spiro atoms. The molecular formula is C9H14F3NO2. The molecule has 0 fully saturated rings. The third-order valence-corrected chi connectivity index (χ3v) is 1.67. The minimum Gasteiger partial charge on any atom is -0.462 e. The summed E-state index contributed by atoms with van der Waals surface area (Å²) in [5, 5.41) is 0. The second-order valence-electron chi connectivity index (χ2n) is 2.96. The summed E-state index contributed by atoms with van der Waals surface area (Å²) in [5.74, 6) is -1.41. The first kappa shape index (κ1) is 14.0. The van der Waals surface area contributed by atoms with Crippen molar-refractivity contribution in [2.24, 2.45) is 5.73 Å². The van der Waals surface area contributed by atoms with Crippen LogP contribution >= 0.6 is 0 Å². The summed E-state index contributed by atoms with van der Waals surface area (Å²) < 4.78 is 40.1. The summed E-state index contributed by atoms with van der Waals surface area (Å²) in [6.45, 7) is 3.10. The van der Waals surface area contributed by atoms with Crippen LogP contribution in [-0.4, -0.2) is 25.3 Å². The normalized spacial score (nSPS) is 11.2. The molecule has 0 saturated carbocycles. The number of unbranched alkanes of at least 4 members (excludes halogenated alkanes) is 2. The first-order valence-corrected chi connectivity index (χ1v) is 4.53. The number of alkyl halides is 3. The minimum atomic E-state index is -4.71. The molecule has 0 aromatic carbocycles. The summed E-state index contributed by atoms with van der Waals surface area (Å²) in [6, 6.07) is 0. The third kappa shape index (κ3) is 6.11. The van der Waals surface area contributed by atoms with Gasteiger partial charge >= 0.3 is 12.1 Å². The Labute approximate surface area is 86.1 Å². The molecule has 0 aliphatic rings. The first-order chi connectivity index (χ1) is 6.89. The molecule has 0 amide bonds. The maximum Gasteiger partial charge on any atom is 0.422 e. The highest BCUT2D eigenvalue weighted by Gasteiger charge is 2.37. The smallest absolute Gasteiger partial charge is 0.422 e. The Morgan fingerprint density at radius 1 is 1.27 bits per heavy atom. The van der Waals surface area contributed by atoms with Crippen LogP contribution in [0.1, 0.15) is 19.3 Å². The maximum absolute atomic E-state index is 11.9. The number of halogens is 3. The summed E-state index contributed by atoms with van der Waals surface area (Å²) in [4.78, 5) is 10.8. The van der Waals surface area contributed by atoms with E-state index in [0.717, 1.165) is 12.8 Å². The van der Waals surface area contributed by atoms with Gasteiger partial charge in [-0.3, -0.25) is 0 Å². The number of carbonyl (C=O) groups is 1. The second-order valence-corrected chi connectivity index (χ2v) is 2.96. The van der Waals surface area contributed by atoms with E-state index in [-0.39, 0.29) is 6.61 Å². The predicted molar refractivity (Wildman–Crippen MR) is 49.1 cm³/mol. The Kier molecular flexibility index (Phi) is 6.00. The van der Waals surface area contributed by atoms with E-state index < -0.39 is 17.7 Å². The van der Waals surface area contributed by atoms with Gasteiger partial charge in [-0.15, -0.1) is 0 Å². The Hall–Kier alpha value is -1.04. The molecule has 0 heterocycles. The molecule has 0 rings (SSSR count). The lowest BCUT2D eigenvalue weighted by Gasteiger charge is -2.09. The quantitative estimate of drug-likeness (QED) is 0.426. The average Bonchev–Trinajstić information content (AvgIpc) is 2.14. The zero-order chi connectivity index (χ0) is 11.9. The Morgan fingerprint density at radius 2 is 1.87 bits per heavy atom. The largest absolute Gasteiger partial charge is 0.462 e. The van der Waals surface area contributed by atoms with Crippen molar-refractivity contribution in [2.75, 3.05) is 13.2 Å². The van der Waals surface area contributed by atoms with Crippen LogP contribution in [0.5, 0.6) is 0 Å². The molecule has 3 nitrogen and oxygen atoms in total. The van der Waals surface area contributed by atoms with E-state index >= 15 is 0 Å². The van der Waals surface area contributed by atoms with Gasteiger partial charge in [0.25, 0.3) is 0 Å². The monoisotopic (exact) mass is 225 g/mol. The van der Waals surface area contributed by atoms with Crippen LogP contribution < -0.4 is 5.73 Å². The van der Waals surface area contributed by atoms with Crippen LogP contribution in [0.15, 0.2) is 12.2 Å². The number of hydrogen-bond donors (Lipinski definition) is 1. The molecular weight excluding hydrogens is 211 g/mol. The van der Waals surface area contributed by atoms with Gasteiger partial charge in [-0.1, -0.05) is 6.58 Å². The van der Waals surface area contributed by atoms with Crippen LogP contribution in [0, 0.1) is 0 Å². The molecule has 0 aromatic rings. The van der Waals surface area contributed by atoms with Crippen LogP contribution in [-0.2, 0) is 9.53 Å². The highest BCUT2D eigenvalue weighted by Crippen LogP contribution is 2.24. The number of hydrogen-bond acceptors (Lipinski definition) is 3. The third-order valence-electron chi connectivity index (χ3n) is 1.67. The molecule has 0 bridgehead atoms. The van der Waals surface area contributed by atoms with Gasteiger partial charge in [-0.2, -0.15) is 13.2 Å². The van der Waals surface area contributed by atoms with Crippen molar-refractivity contribution in [3.8, 4) is 0 Å². The van der Waals surface area contributed by atoms with Gasteiger partial charge in [0.2, 0.25) is 0 Å². The van der Waals surface area contributed by atoms with Crippen molar-refractivity contribution in [1.29, 1.82) is 0 Å². The fourth-order valence-electron chi connectivity index (χ4n) is 0.791. The maximum atomic E-state index is 11.9. The molecule has 0 radical (unpaired) electrons. The van der Waals surface area contributed by atoms with E-state index in [2.05, 4.69) is 11.3 Å². The summed E-state index contributed by atoms with van der Waals surface area (Å²) in [6.07, 6.45) is -2.72. The van der Waals surface area contributed by atoms with Gasteiger partial charge in [-0.25, -0.2) is 4.79 Å². The van der Waals surface area contributed by atoms with Crippen LogP contribution in [0.4, 0.5) is 13.2 Å². The fourth-order valence-corrected chi connectivity index (χ4v) is 0.791. The number of carbonyl (C=O) groups excluding carboxylic acids is 1. The molecule has 0 atom stereocenters. The Balaban J connectivity index is 3.71. The van der Waals surface area contributed by atoms with Crippen molar-refractivity contribution in [3.05, 3.63) is 12.2 Å².